The highest BCUT2D eigenvalue weighted by atomic mass is 19.1. The van der Waals surface area contributed by atoms with Crippen molar-refractivity contribution in [3.8, 4) is 16.9 Å². The van der Waals surface area contributed by atoms with Crippen LogP contribution in [0.25, 0.3) is 11.1 Å². The lowest BCUT2D eigenvalue weighted by atomic mass is 10.0. The van der Waals surface area contributed by atoms with Gasteiger partial charge in [0.15, 0.2) is 0 Å². The molecule has 0 fully saturated rings. The summed E-state index contributed by atoms with van der Waals surface area (Å²) in [5, 5.41) is 3.03. The molecule has 1 N–H and O–H groups in total. The van der Waals surface area contributed by atoms with Crippen LogP contribution in [0.1, 0.15) is 5.56 Å². The van der Waals surface area contributed by atoms with Crippen molar-refractivity contribution in [2.24, 2.45) is 0 Å². The quantitative estimate of drug-likeness (QED) is 0.913. The summed E-state index contributed by atoms with van der Waals surface area (Å²) in [6, 6.07) is 8.96. The van der Waals surface area contributed by atoms with Crippen LogP contribution in [0, 0.1) is 11.6 Å². The molecular formula is C15H15F2NO. The Kier molecular flexibility index (Phi) is 4.12. The second-order valence-corrected chi connectivity index (χ2v) is 4.18. The van der Waals surface area contributed by atoms with Gasteiger partial charge in [-0.15, -0.1) is 0 Å². The molecule has 0 atom stereocenters. The van der Waals surface area contributed by atoms with E-state index in [0.29, 0.717) is 17.7 Å². The van der Waals surface area contributed by atoms with Crippen LogP contribution >= 0.6 is 0 Å². The lowest BCUT2D eigenvalue weighted by Gasteiger charge is -2.11. The van der Waals surface area contributed by atoms with Crippen molar-refractivity contribution in [2.45, 2.75) is 6.54 Å². The number of nitrogens with one attached hydrogen (secondary N) is 1. The largest absolute Gasteiger partial charge is 0.496 e. The summed E-state index contributed by atoms with van der Waals surface area (Å²) < 4.78 is 31.9. The van der Waals surface area contributed by atoms with Gasteiger partial charge in [-0.05, 0) is 36.9 Å². The number of ether oxygens (including phenoxy) is 1. The van der Waals surface area contributed by atoms with E-state index in [1.54, 1.807) is 19.2 Å². The third-order valence-electron chi connectivity index (χ3n) is 2.89. The SMILES string of the molecule is CNCc1cc(-c2ccc(F)cc2F)ccc1OC. The first-order valence-electron chi connectivity index (χ1n) is 5.92. The smallest absolute Gasteiger partial charge is 0.133 e. The minimum Gasteiger partial charge on any atom is -0.496 e. The molecular weight excluding hydrogens is 248 g/mol. The summed E-state index contributed by atoms with van der Waals surface area (Å²) in [6.45, 7) is 0.611. The maximum absolute atomic E-state index is 13.7. The molecule has 0 spiro atoms. The topological polar surface area (TPSA) is 21.3 Å². The Morgan fingerprint density at radius 2 is 1.89 bits per heavy atom. The minimum absolute atomic E-state index is 0.376. The maximum atomic E-state index is 13.7. The summed E-state index contributed by atoms with van der Waals surface area (Å²) in [7, 11) is 3.41. The van der Waals surface area contributed by atoms with Crippen LogP contribution in [-0.4, -0.2) is 14.2 Å². The Balaban J connectivity index is 2.47. The Hall–Kier alpha value is -1.94. The molecule has 0 aliphatic rings. The number of methoxy groups -OCH3 is 1. The van der Waals surface area contributed by atoms with E-state index < -0.39 is 11.6 Å². The zero-order chi connectivity index (χ0) is 13.8. The molecule has 0 aliphatic carbocycles. The Morgan fingerprint density at radius 3 is 2.53 bits per heavy atom. The fourth-order valence-corrected chi connectivity index (χ4v) is 2.00. The summed E-state index contributed by atoms with van der Waals surface area (Å²) in [6.07, 6.45) is 0. The molecule has 0 saturated heterocycles. The van der Waals surface area contributed by atoms with E-state index in [1.165, 1.54) is 12.1 Å². The van der Waals surface area contributed by atoms with E-state index in [9.17, 15) is 8.78 Å². The van der Waals surface area contributed by atoms with Gasteiger partial charge in [-0.2, -0.15) is 0 Å². The average Bonchev–Trinajstić information content (AvgIpc) is 2.39. The highest BCUT2D eigenvalue weighted by Gasteiger charge is 2.09. The fraction of sp³-hybridized carbons (Fsp3) is 0.200. The maximum Gasteiger partial charge on any atom is 0.133 e. The Labute approximate surface area is 111 Å². The zero-order valence-electron chi connectivity index (χ0n) is 10.8. The van der Waals surface area contributed by atoms with E-state index >= 15 is 0 Å². The van der Waals surface area contributed by atoms with Gasteiger partial charge in [0.05, 0.1) is 7.11 Å². The second kappa shape index (κ2) is 5.80. The molecule has 0 aromatic heterocycles. The van der Waals surface area contributed by atoms with Crippen LogP contribution in [0.2, 0.25) is 0 Å². The number of benzene rings is 2. The van der Waals surface area contributed by atoms with Crippen LogP contribution < -0.4 is 10.1 Å². The van der Waals surface area contributed by atoms with Crippen molar-refractivity contribution in [2.75, 3.05) is 14.2 Å². The molecule has 4 heteroatoms. The first-order valence-corrected chi connectivity index (χ1v) is 5.92. The van der Waals surface area contributed by atoms with Crippen LogP contribution in [0.4, 0.5) is 8.78 Å². The highest BCUT2D eigenvalue weighted by molar-refractivity contribution is 5.66. The van der Waals surface area contributed by atoms with Crippen LogP contribution in [0.3, 0.4) is 0 Å². The van der Waals surface area contributed by atoms with Gasteiger partial charge in [0.25, 0.3) is 0 Å². The van der Waals surface area contributed by atoms with E-state index in [2.05, 4.69) is 5.32 Å². The lowest BCUT2D eigenvalue weighted by Crippen LogP contribution is -2.06. The number of hydrogen-bond donors (Lipinski definition) is 1. The van der Waals surface area contributed by atoms with Gasteiger partial charge >= 0.3 is 0 Å². The highest BCUT2D eigenvalue weighted by Crippen LogP contribution is 2.28. The third-order valence-corrected chi connectivity index (χ3v) is 2.89. The Bertz CT molecular complexity index is 584. The standard InChI is InChI=1S/C15H15F2NO/c1-18-9-11-7-10(3-6-15(11)19-2)13-5-4-12(16)8-14(13)17/h3-8,18H,9H2,1-2H3. The molecule has 0 saturated carbocycles. The summed E-state index contributed by atoms with van der Waals surface area (Å²) in [5.74, 6) is -0.411. The van der Waals surface area contributed by atoms with Crippen molar-refractivity contribution >= 4 is 0 Å². The molecule has 0 amide bonds. The van der Waals surface area contributed by atoms with Gasteiger partial charge in [-0.1, -0.05) is 6.07 Å². The van der Waals surface area contributed by atoms with Crippen molar-refractivity contribution in [1.82, 2.24) is 5.32 Å². The van der Waals surface area contributed by atoms with Crippen molar-refractivity contribution in [3.63, 3.8) is 0 Å². The third kappa shape index (κ3) is 2.90. The van der Waals surface area contributed by atoms with Gasteiger partial charge in [-0.3, -0.25) is 0 Å². The van der Waals surface area contributed by atoms with E-state index in [1.807, 2.05) is 13.1 Å². The minimum atomic E-state index is -0.579. The van der Waals surface area contributed by atoms with Crippen LogP contribution in [0.5, 0.6) is 5.75 Å². The molecule has 19 heavy (non-hydrogen) atoms. The molecule has 2 rings (SSSR count). The monoisotopic (exact) mass is 263 g/mol. The Morgan fingerprint density at radius 1 is 1.11 bits per heavy atom. The van der Waals surface area contributed by atoms with Crippen molar-refractivity contribution in [1.29, 1.82) is 0 Å². The number of hydrogen-bond acceptors (Lipinski definition) is 2. The molecule has 2 aromatic rings. The van der Waals surface area contributed by atoms with Crippen molar-refractivity contribution in [3.05, 3.63) is 53.6 Å². The van der Waals surface area contributed by atoms with E-state index in [4.69, 9.17) is 4.74 Å². The van der Waals surface area contributed by atoms with Crippen molar-refractivity contribution < 1.29 is 13.5 Å². The van der Waals surface area contributed by atoms with Gasteiger partial charge in [0.1, 0.15) is 17.4 Å². The zero-order valence-corrected chi connectivity index (χ0v) is 10.8. The predicted octanol–water partition coefficient (Wildman–Crippen LogP) is 3.36. The first-order chi connectivity index (χ1) is 9.15. The second-order valence-electron chi connectivity index (χ2n) is 4.18. The molecule has 2 nitrogen and oxygen atoms in total. The average molecular weight is 263 g/mol. The molecule has 0 radical (unpaired) electrons. The lowest BCUT2D eigenvalue weighted by molar-refractivity contribution is 0.408. The summed E-state index contributed by atoms with van der Waals surface area (Å²) in [5.41, 5.74) is 2.00. The molecule has 0 aliphatic heterocycles. The van der Waals surface area contributed by atoms with Gasteiger partial charge in [0.2, 0.25) is 0 Å². The number of rotatable bonds is 4. The molecule has 0 bridgehead atoms. The van der Waals surface area contributed by atoms with Gasteiger partial charge < -0.3 is 10.1 Å². The summed E-state index contributed by atoms with van der Waals surface area (Å²) in [4.78, 5) is 0. The van der Waals surface area contributed by atoms with E-state index in [0.717, 1.165) is 17.4 Å². The van der Waals surface area contributed by atoms with Crippen LogP contribution in [-0.2, 0) is 6.54 Å². The fourth-order valence-electron chi connectivity index (χ4n) is 2.00. The van der Waals surface area contributed by atoms with Crippen LogP contribution in [0.15, 0.2) is 36.4 Å². The molecule has 0 heterocycles. The van der Waals surface area contributed by atoms with E-state index in [-0.39, 0.29) is 0 Å². The summed E-state index contributed by atoms with van der Waals surface area (Å²) >= 11 is 0. The molecule has 2 aromatic carbocycles. The molecule has 100 valence electrons. The first kappa shape index (κ1) is 13.5. The normalized spacial score (nSPS) is 10.5. The molecule has 0 unspecified atom stereocenters. The van der Waals surface area contributed by atoms with Gasteiger partial charge in [-0.25, -0.2) is 8.78 Å². The predicted molar refractivity (Wildman–Crippen MR) is 71.1 cm³/mol. The number of halogens is 2. The van der Waals surface area contributed by atoms with Gasteiger partial charge in [0, 0.05) is 23.7 Å².